The van der Waals surface area contributed by atoms with Crippen LogP contribution in [0.2, 0.25) is 0 Å². The van der Waals surface area contributed by atoms with E-state index in [9.17, 15) is 14.7 Å². The molecule has 1 N–H and O–H groups in total. The number of aliphatic carboxylic acids is 1. The van der Waals surface area contributed by atoms with Gasteiger partial charge in [0.15, 0.2) is 0 Å². The number of carbonyl (C=O) groups excluding carboxylic acids is 2. The Balaban J connectivity index is 2.32. The van der Waals surface area contributed by atoms with Crippen LogP contribution in [0, 0.1) is 11.8 Å². The lowest BCUT2D eigenvalue weighted by molar-refractivity contribution is -0.314. The van der Waals surface area contributed by atoms with Crippen molar-refractivity contribution in [2.75, 3.05) is 6.54 Å². The van der Waals surface area contributed by atoms with Gasteiger partial charge < -0.3 is 15.2 Å². The molecule has 1 aliphatic rings. The van der Waals surface area contributed by atoms with Crippen molar-refractivity contribution in [1.82, 2.24) is 5.32 Å². The number of carboxylic acids is 1. The molecule has 0 bridgehead atoms. The molecule has 4 heteroatoms. The minimum atomic E-state index is -1.07. The summed E-state index contributed by atoms with van der Waals surface area (Å²) in [6.07, 6.45) is 7.53. The van der Waals surface area contributed by atoms with E-state index in [0.717, 1.165) is 25.7 Å². The van der Waals surface area contributed by atoms with Gasteiger partial charge in [-0.25, -0.2) is 0 Å². The van der Waals surface area contributed by atoms with Gasteiger partial charge in [-0.05, 0) is 19.3 Å². The largest absolute Gasteiger partial charge is 0.550 e. The standard InChI is InChI=1S/C14H25NO3/c1-2-3-4-7-10-15-13(16)11-8-5-6-9-12(11)14(17)18/h11-12H,2-10H2,1H3,(H,15,16)(H,17,18)/p-1/t11-,12-/m1/s1. The lowest BCUT2D eigenvalue weighted by Gasteiger charge is -2.31. The first kappa shape index (κ1) is 15.0. The van der Waals surface area contributed by atoms with Crippen LogP contribution in [0.4, 0.5) is 0 Å². The maximum absolute atomic E-state index is 11.9. The van der Waals surface area contributed by atoms with Gasteiger partial charge in [0.05, 0.1) is 0 Å². The fourth-order valence-electron chi connectivity index (χ4n) is 2.62. The predicted octanol–water partition coefficient (Wildman–Crippen LogP) is 1.24. The predicted molar refractivity (Wildman–Crippen MR) is 67.6 cm³/mol. The summed E-state index contributed by atoms with van der Waals surface area (Å²) in [7, 11) is 0. The van der Waals surface area contributed by atoms with Crippen LogP contribution in [0.5, 0.6) is 0 Å². The van der Waals surface area contributed by atoms with Gasteiger partial charge in [0.2, 0.25) is 5.91 Å². The summed E-state index contributed by atoms with van der Waals surface area (Å²) in [4.78, 5) is 22.9. The zero-order valence-corrected chi connectivity index (χ0v) is 11.2. The van der Waals surface area contributed by atoms with Crippen molar-refractivity contribution in [1.29, 1.82) is 0 Å². The minimum Gasteiger partial charge on any atom is -0.550 e. The molecule has 0 aromatic rings. The number of nitrogens with one attached hydrogen (secondary N) is 1. The highest BCUT2D eigenvalue weighted by Gasteiger charge is 2.31. The van der Waals surface area contributed by atoms with Gasteiger partial charge in [0.25, 0.3) is 0 Å². The molecule has 0 aliphatic heterocycles. The second-order valence-electron chi connectivity index (χ2n) is 5.17. The van der Waals surface area contributed by atoms with Crippen LogP contribution in [-0.4, -0.2) is 18.4 Å². The Bertz CT molecular complexity index is 278. The van der Waals surface area contributed by atoms with Gasteiger partial charge in [-0.3, -0.25) is 4.79 Å². The third-order valence-corrected chi connectivity index (χ3v) is 3.74. The normalized spacial score (nSPS) is 23.6. The monoisotopic (exact) mass is 254 g/mol. The number of unbranched alkanes of at least 4 members (excludes halogenated alkanes) is 3. The van der Waals surface area contributed by atoms with Gasteiger partial charge >= 0.3 is 0 Å². The zero-order valence-electron chi connectivity index (χ0n) is 11.2. The molecule has 4 nitrogen and oxygen atoms in total. The van der Waals surface area contributed by atoms with E-state index in [4.69, 9.17) is 0 Å². The Morgan fingerprint density at radius 3 is 2.39 bits per heavy atom. The molecule has 0 unspecified atom stereocenters. The average Bonchev–Trinajstić information content (AvgIpc) is 2.38. The van der Waals surface area contributed by atoms with Crippen molar-refractivity contribution in [3.8, 4) is 0 Å². The van der Waals surface area contributed by atoms with E-state index in [1.165, 1.54) is 12.8 Å². The van der Waals surface area contributed by atoms with E-state index in [-0.39, 0.29) is 11.8 Å². The van der Waals surface area contributed by atoms with Crippen molar-refractivity contribution in [2.45, 2.75) is 58.3 Å². The summed E-state index contributed by atoms with van der Waals surface area (Å²) in [5.41, 5.74) is 0. The van der Waals surface area contributed by atoms with Gasteiger partial charge in [-0.15, -0.1) is 0 Å². The molecule has 104 valence electrons. The molecular formula is C14H24NO3-. The first-order valence-corrected chi connectivity index (χ1v) is 7.15. The number of hydrogen-bond acceptors (Lipinski definition) is 3. The highest BCUT2D eigenvalue weighted by molar-refractivity contribution is 5.84. The van der Waals surface area contributed by atoms with Crippen LogP contribution >= 0.6 is 0 Å². The fourth-order valence-corrected chi connectivity index (χ4v) is 2.62. The van der Waals surface area contributed by atoms with E-state index in [0.29, 0.717) is 19.4 Å². The van der Waals surface area contributed by atoms with Crippen LogP contribution in [0.1, 0.15) is 58.3 Å². The molecule has 1 fully saturated rings. The molecule has 0 saturated heterocycles. The summed E-state index contributed by atoms with van der Waals surface area (Å²) in [5, 5.41) is 13.9. The molecule has 0 aromatic heterocycles. The van der Waals surface area contributed by atoms with E-state index in [2.05, 4.69) is 12.2 Å². The average molecular weight is 254 g/mol. The molecule has 1 saturated carbocycles. The van der Waals surface area contributed by atoms with Crippen molar-refractivity contribution in [3.05, 3.63) is 0 Å². The van der Waals surface area contributed by atoms with E-state index in [1.807, 2.05) is 0 Å². The third-order valence-electron chi connectivity index (χ3n) is 3.74. The maximum Gasteiger partial charge on any atom is 0.223 e. The quantitative estimate of drug-likeness (QED) is 0.695. The molecule has 1 aliphatic carbocycles. The number of carbonyl (C=O) groups is 2. The van der Waals surface area contributed by atoms with Gasteiger partial charge in [0.1, 0.15) is 0 Å². The topological polar surface area (TPSA) is 69.2 Å². The summed E-state index contributed by atoms with van der Waals surface area (Å²) in [6.45, 7) is 2.81. The summed E-state index contributed by atoms with van der Waals surface area (Å²) in [6, 6.07) is 0. The van der Waals surface area contributed by atoms with Crippen molar-refractivity contribution >= 4 is 11.9 Å². The second kappa shape index (κ2) is 8.11. The van der Waals surface area contributed by atoms with Crippen molar-refractivity contribution in [3.63, 3.8) is 0 Å². The van der Waals surface area contributed by atoms with E-state index < -0.39 is 11.9 Å². The highest BCUT2D eigenvalue weighted by Crippen LogP contribution is 2.29. The highest BCUT2D eigenvalue weighted by atomic mass is 16.4. The molecule has 18 heavy (non-hydrogen) atoms. The first-order valence-electron chi connectivity index (χ1n) is 7.15. The van der Waals surface area contributed by atoms with E-state index >= 15 is 0 Å². The van der Waals surface area contributed by atoms with Crippen molar-refractivity contribution < 1.29 is 14.7 Å². The second-order valence-corrected chi connectivity index (χ2v) is 5.17. The Labute approximate surface area is 109 Å². The number of rotatable bonds is 7. The molecule has 0 radical (unpaired) electrons. The van der Waals surface area contributed by atoms with Gasteiger partial charge in [-0.2, -0.15) is 0 Å². The van der Waals surface area contributed by atoms with Crippen LogP contribution in [0.15, 0.2) is 0 Å². The number of carboxylic acid groups (broad SMARTS) is 1. The fraction of sp³-hybridized carbons (Fsp3) is 0.857. The molecule has 0 aromatic carbocycles. The van der Waals surface area contributed by atoms with Gasteiger partial charge in [0, 0.05) is 24.3 Å². The first-order chi connectivity index (χ1) is 8.66. The number of amides is 1. The van der Waals surface area contributed by atoms with Gasteiger partial charge in [-0.1, -0.05) is 39.0 Å². The zero-order chi connectivity index (χ0) is 13.4. The van der Waals surface area contributed by atoms with Crippen LogP contribution in [0.25, 0.3) is 0 Å². The third kappa shape index (κ3) is 4.67. The molecule has 2 atom stereocenters. The molecule has 1 amide bonds. The Morgan fingerprint density at radius 2 is 1.78 bits per heavy atom. The lowest BCUT2D eigenvalue weighted by Crippen LogP contribution is -2.44. The smallest absolute Gasteiger partial charge is 0.223 e. The van der Waals surface area contributed by atoms with E-state index in [1.54, 1.807) is 0 Å². The Hall–Kier alpha value is -1.06. The molecular weight excluding hydrogens is 230 g/mol. The summed E-state index contributed by atoms with van der Waals surface area (Å²) >= 11 is 0. The van der Waals surface area contributed by atoms with Crippen LogP contribution < -0.4 is 10.4 Å². The van der Waals surface area contributed by atoms with Crippen molar-refractivity contribution in [2.24, 2.45) is 11.8 Å². The summed E-state index contributed by atoms with van der Waals surface area (Å²) < 4.78 is 0. The SMILES string of the molecule is CCCCCCNC(=O)[C@@H]1CCCC[C@H]1C(=O)[O-]. The molecule has 0 spiro atoms. The Morgan fingerprint density at radius 1 is 1.11 bits per heavy atom. The molecule has 1 rings (SSSR count). The maximum atomic E-state index is 11.9. The van der Waals surface area contributed by atoms with Crippen LogP contribution in [-0.2, 0) is 9.59 Å². The minimum absolute atomic E-state index is 0.0969. The number of hydrogen-bond donors (Lipinski definition) is 1. The Kier molecular flexibility index (Phi) is 6.76. The van der Waals surface area contributed by atoms with Crippen LogP contribution in [0.3, 0.4) is 0 Å². The lowest BCUT2D eigenvalue weighted by atomic mass is 9.78. The molecule has 0 heterocycles. The summed E-state index contributed by atoms with van der Waals surface area (Å²) in [5.74, 6) is -2.13.